The SMILES string of the molecule is O=C(CC1Oc2ccccc2NC1=O)Nc1ccn(Cc2ccccc2)n1. The summed E-state index contributed by atoms with van der Waals surface area (Å²) in [6.07, 6.45) is 0.834. The molecule has 0 bridgehead atoms. The number of benzene rings is 2. The molecule has 1 unspecified atom stereocenters. The highest BCUT2D eigenvalue weighted by Crippen LogP contribution is 2.29. The molecular weight excluding hydrogens is 344 g/mol. The minimum Gasteiger partial charge on any atom is -0.478 e. The van der Waals surface area contributed by atoms with Crippen LogP contribution in [0.5, 0.6) is 5.75 Å². The fraction of sp³-hybridized carbons (Fsp3) is 0.150. The molecule has 2 heterocycles. The minimum absolute atomic E-state index is 0.0916. The molecule has 1 aliphatic rings. The van der Waals surface area contributed by atoms with Gasteiger partial charge >= 0.3 is 0 Å². The molecule has 136 valence electrons. The average Bonchev–Trinajstić information content (AvgIpc) is 3.10. The van der Waals surface area contributed by atoms with Gasteiger partial charge in [-0.3, -0.25) is 14.3 Å². The summed E-state index contributed by atoms with van der Waals surface area (Å²) in [5.74, 6) is 0.326. The highest BCUT2D eigenvalue weighted by Gasteiger charge is 2.29. The lowest BCUT2D eigenvalue weighted by molar-refractivity contribution is -0.128. The van der Waals surface area contributed by atoms with Crippen LogP contribution in [0.1, 0.15) is 12.0 Å². The van der Waals surface area contributed by atoms with Gasteiger partial charge in [-0.25, -0.2) is 0 Å². The normalized spacial score (nSPS) is 15.4. The van der Waals surface area contributed by atoms with E-state index in [0.717, 1.165) is 5.56 Å². The monoisotopic (exact) mass is 362 g/mol. The molecule has 1 atom stereocenters. The maximum absolute atomic E-state index is 12.3. The fourth-order valence-corrected chi connectivity index (χ4v) is 2.88. The Balaban J connectivity index is 1.35. The zero-order valence-electron chi connectivity index (χ0n) is 14.5. The zero-order chi connectivity index (χ0) is 18.6. The number of hydrogen-bond donors (Lipinski definition) is 2. The van der Waals surface area contributed by atoms with Crippen molar-refractivity contribution in [2.24, 2.45) is 0 Å². The van der Waals surface area contributed by atoms with Crippen LogP contribution >= 0.6 is 0 Å². The number of carbonyl (C=O) groups is 2. The molecule has 1 aromatic heterocycles. The Labute approximate surface area is 156 Å². The number of hydrogen-bond acceptors (Lipinski definition) is 4. The Morgan fingerprint density at radius 2 is 1.89 bits per heavy atom. The molecule has 2 amide bonds. The van der Waals surface area contributed by atoms with Crippen LogP contribution in [0.25, 0.3) is 0 Å². The van der Waals surface area contributed by atoms with Crippen LogP contribution in [-0.4, -0.2) is 27.7 Å². The largest absolute Gasteiger partial charge is 0.478 e. The molecule has 0 fully saturated rings. The molecule has 27 heavy (non-hydrogen) atoms. The van der Waals surface area contributed by atoms with Crippen molar-refractivity contribution in [3.8, 4) is 5.75 Å². The molecule has 0 radical (unpaired) electrons. The molecule has 3 aromatic rings. The lowest BCUT2D eigenvalue weighted by Crippen LogP contribution is -2.39. The quantitative estimate of drug-likeness (QED) is 0.731. The van der Waals surface area contributed by atoms with Gasteiger partial charge in [-0.2, -0.15) is 5.10 Å². The number of aromatic nitrogens is 2. The second-order valence-corrected chi connectivity index (χ2v) is 6.23. The first-order valence-electron chi connectivity index (χ1n) is 8.61. The van der Waals surface area contributed by atoms with Crippen LogP contribution < -0.4 is 15.4 Å². The van der Waals surface area contributed by atoms with Gasteiger partial charge in [0.25, 0.3) is 5.91 Å². The van der Waals surface area contributed by atoms with Crippen LogP contribution in [0.3, 0.4) is 0 Å². The van der Waals surface area contributed by atoms with E-state index in [9.17, 15) is 9.59 Å². The number of nitrogens with zero attached hydrogens (tertiary/aromatic N) is 2. The Hall–Kier alpha value is -3.61. The lowest BCUT2D eigenvalue weighted by Gasteiger charge is -2.25. The Bertz CT molecular complexity index is 968. The molecule has 0 aliphatic carbocycles. The summed E-state index contributed by atoms with van der Waals surface area (Å²) < 4.78 is 7.38. The number of amides is 2. The van der Waals surface area contributed by atoms with Crippen molar-refractivity contribution in [1.82, 2.24) is 9.78 Å². The highest BCUT2D eigenvalue weighted by molar-refractivity contribution is 6.01. The number of ether oxygens (including phenoxy) is 1. The van der Waals surface area contributed by atoms with Crippen LogP contribution in [0.2, 0.25) is 0 Å². The highest BCUT2D eigenvalue weighted by atomic mass is 16.5. The van der Waals surface area contributed by atoms with Gasteiger partial charge in [0, 0.05) is 12.3 Å². The summed E-state index contributed by atoms with van der Waals surface area (Å²) >= 11 is 0. The van der Waals surface area contributed by atoms with Crippen molar-refractivity contribution in [3.05, 3.63) is 72.4 Å². The first kappa shape index (κ1) is 16.8. The molecule has 0 saturated carbocycles. The third kappa shape index (κ3) is 3.98. The van der Waals surface area contributed by atoms with Gasteiger partial charge in [-0.1, -0.05) is 42.5 Å². The predicted octanol–water partition coefficient (Wildman–Crippen LogP) is 2.66. The van der Waals surface area contributed by atoms with Crippen molar-refractivity contribution in [2.45, 2.75) is 19.1 Å². The van der Waals surface area contributed by atoms with Crippen molar-refractivity contribution < 1.29 is 14.3 Å². The number of anilines is 2. The van der Waals surface area contributed by atoms with Crippen LogP contribution in [0, 0.1) is 0 Å². The van der Waals surface area contributed by atoms with E-state index in [1.165, 1.54) is 0 Å². The van der Waals surface area contributed by atoms with E-state index in [2.05, 4.69) is 15.7 Å². The predicted molar refractivity (Wildman–Crippen MR) is 101 cm³/mol. The molecule has 4 rings (SSSR count). The molecular formula is C20H18N4O3. The van der Waals surface area contributed by atoms with Gasteiger partial charge in [0.05, 0.1) is 18.7 Å². The summed E-state index contributed by atoms with van der Waals surface area (Å²) in [5, 5.41) is 9.79. The topological polar surface area (TPSA) is 85.2 Å². The van der Waals surface area contributed by atoms with Crippen molar-refractivity contribution in [2.75, 3.05) is 10.6 Å². The maximum Gasteiger partial charge on any atom is 0.266 e. The number of para-hydroxylation sites is 2. The van der Waals surface area contributed by atoms with E-state index < -0.39 is 6.10 Å². The van der Waals surface area contributed by atoms with Crippen LogP contribution in [-0.2, 0) is 16.1 Å². The number of nitrogens with one attached hydrogen (secondary N) is 2. The number of fused-ring (bicyclic) bond motifs is 1. The first-order chi connectivity index (χ1) is 13.2. The molecule has 0 spiro atoms. The number of rotatable bonds is 5. The van der Waals surface area contributed by atoms with Crippen LogP contribution in [0.4, 0.5) is 11.5 Å². The Morgan fingerprint density at radius 3 is 2.74 bits per heavy atom. The lowest BCUT2D eigenvalue weighted by atomic mass is 10.1. The van der Waals surface area contributed by atoms with Crippen molar-refractivity contribution >= 4 is 23.3 Å². The smallest absolute Gasteiger partial charge is 0.266 e. The zero-order valence-corrected chi connectivity index (χ0v) is 14.5. The van der Waals surface area contributed by atoms with E-state index in [-0.39, 0.29) is 18.2 Å². The van der Waals surface area contributed by atoms with Crippen molar-refractivity contribution in [3.63, 3.8) is 0 Å². The fourth-order valence-electron chi connectivity index (χ4n) is 2.88. The van der Waals surface area contributed by atoms with Gasteiger partial charge in [-0.15, -0.1) is 0 Å². The van der Waals surface area contributed by atoms with E-state index in [4.69, 9.17) is 4.74 Å². The van der Waals surface area contributed by atoms with Gasteiger partial charge < -0.3 is 15.4 Å². The summed E-state index contributed by atoms with van der Waals surface area (Å²) in [6, 6.07) is 18.8. The molecule has 2 aromatic carbocycles. The summed E-state index contributed by atoms with van der Waals surface area (Å²) in [6.45, 7) is 0.613. The summed E-state index contributed by atoms with van der Waals surface area (Å²) in [4.78, 5) is 24.4. The van der Waals surface area contributed by atoms with Crippen LogP contribution in [0.15, 0.2) is 66.9 Å². The molecule has 7 heteroatoms. The standard InChI is InChI=1S/C20H18N4O3/c25-19(12-17-20(26)21-15-8-4-5-9-16(15)27-17)22-18-10-11-24(23-18)13-14-6-2-1-3-7-14/h1-11,17H,12-13H2,(H,21,26)(H,22,23,25). The Morgan fingerprint density at radius 1 is 1.11 bits per heavy atom. The first-order valence-corrected chi connectivity index (χ1v) is 8.61. The van der Waals surface area contributed by atoms with Gasteiger partial charge in [-0.05, 0) is 17.7 Å². The Kier molecular flexibility index (Phi) is 4.57. The van der Waals surface area contributed by atoms with E-state index >= 15 is 0 Å². The van der Waals surface area contributed by atoms with Crippen molar-refractivity contribution in [1.29, 1.82) is 0 Å². The number of carbonyl (C=O) groups excluding carboxylic acids is 2. The van der Waals surface area contributed by atoms with E-state index in [1.54, 1.807) is 35.1 Å². The summed E-state index contributed by atoms with van der Waals surface area (Å²) in [5.41, 5.74) is 1.73. The van der Waals surface area contributed by atoms with E-state index in [0.29, 0.717) is 23.8 Å². The molecule has 2 N–H and O–H groups in total. The molecule has 0 saturated heterocycles. The van der Waals surface area contributed by atoms with E-state index in [1.807, 2.05) is 36.4 Å². The summed E-state index contributed by atoms with van der Waals surface area (Å²) in [7, 11) is 0. The maximum atomic E-state index is 12.3. The second kappa shape index (κ2) is 7.33. The second-order valence-electron chi connectivity index (χ2n) is 6.23. The van der Waals surface area contributed by atoms with Gasteiger partial charge in [0.2, 0.25) is 5.91 Å². The minimum atomic E-state index is -0.869. The molecule has 7 nitrogen and oxygen atoms in total. The third-order valence-electron chi connectivity index (χ3n) is 4.17. The third-order valence-corrected chi connectivity index (χ3v) is 4.17. The molecule has 1 aliphatic heterocycles. The average molecular weight is 362 g/mol. The van der Waals surface area contributed by atoms with Gasteiger partial charge in [0.1, 0.15) is 5.75 Å². The van der Waals surface area contributed by atoms with Gasteiger partial charge in [0.15, 0.2) is 11.9 Å².